The molecular weight excluding hydrogens is 128 g/mol. The lowest BCUT2D eigenvalue weighted by atomic mass is 10.1. The minimum atomic E-state index is -0.315. The van der Waals surface area contributed by atoms with Crippen LogP contribution in [0.15, 0.2) is 12.2 Å². The third-order valence-corrected chi connectivity index (χ3v) is 1.28. The van der Waals surface area contributed by atoms with Crippen molar-refractivity contribution in [1.29, 1.82) is 0 Å². The van der Waals surface area contributed by atoms with Gasteiger partial charge in [-0.25, -0.2) is 0 Å². The normalized spacial score (nSPS) is 13.1. The molecule has 0 aromatic heterocycles. The van der Waals surface area contributed by atoms with Crippen molar-refractivity contribution in [2.45, 2.75) is 32.3 Å². The first-order valence-electron chi connectivity index (χ1n) is 3.60. The summed E-state index contributed by atoms with van der Waals surface area (Å²) >= 11 is 0. The van der Waals surface area contributed by atoms with E-state index < -0.39 is 0 Å². The summed E-state index contributed by atoms with van der Waals surface area (Å²) in [5.41, 5.74) is 0.991. The first-order valence-corrected chi connectivity index (χ1v) is 3.60. The van der Waals surface area contributed by atoms with E-state index in [1.165, 1.54) is 0 Å². The lowest BCUT2D eigenvalue weighted by Gasteiger charge is -2.07. The molecule has 0 saturated heterocycles. The zero-order chi connectivity index (χ0) is 7.98. The van der Waals surface area contributed by atoms with Crippen LogP contribution in [0.1, 0.15) is 26.2 Å². The average Bonchev–Trinajstić information content (AvgIpc) is 1.82. The molecule has 0 rings (SSSR count). The van der Waals surface area contributed by atoms with Crippen LogP contribution >= 0.6 is 0 Å². The van der Waals surface area contributed by atoms with Gasteiger partial charge in [0.05, 0.1) is 6.10 Å². The lowest BCUT2D eigenvalue weighted by molar-refractivity contribution is 0.150. The summed E-state index contributed by atoms with van der Waals surface area (Å²) in [6.45, 7) is 5.73. The average molecular weight is 144 g/mol. The van der Waals surface area contributed by atoms with Crippen molar-refractivity contribution in [3.05, 3.63) is 12.2 Å². The summed E-state index contributed by atoms with van der Waals surface area (Å²) in [5.74, 6) is 0. The van der Waals surface area contributed by atoms with Gasteiger partial charge in [-0.1, -0.05) is 5.57 Å². The fourth-order valence-corrected chi connectivity index (χ4v) is 0.831. The molecule has 2 nitrogen and oxygen atoms in total. The Balaban J connectivity index is 3.25. The maximum absolute atomic E-state index is 9.18. The first-order chi connectivity index (χ1) is 4.66. The van der Waals surface area contributed by atoms with Crippen LogP contribution in [-0.2, 0) is 0 Å². The van der Waals surface area contributed by atoms with Crippen molar-refractivity contribution in [2.24, 2.45) is 0 Å². The highest BCUT2D eigenvalue weighted by molar-refractivity contribution is 4.90. The van der Waals surface area contributed by atoms with Gasteiger partial charge < -0.3 is 10.2 Å². The Labute approximate surface area is 62.2 Å². The van der Waals surface area contributed by atoms with Gasteiger partial charge in [0, 0.05) is 6.61 Å². The summed E-state index contributed by atoms with van der Waals surface area (Å²) in [6.07, 6.45) is 1.68. The van der Waals surface area contributed by atoms with Gasteiger partial charge in [0.1, 0.15) is 0 Å². The van der Waals surface area contributed by atoms with Gasteiger partial charge in [-0.15, -0.1) is 6.58 Å². The second-order valence-electron chi connectivity index (χ2n) is 2.68. The van der Waals surface area contributed by atoms with Crippen LogP contribution in [0, 0.1) is 0 Å². The molecule has 60 valence electrons. The molecule has 0 bridgehead atoms. The minimum absolute atomic E-state index is 0.160. The molecule has 0 fully saturated rings. The van der Waals surface area contributed by atoms with Crippen LogP contribution in [0.5, 0.6) is 0 Å². The molecule has 2 N–H and O–H groups in total. The van der Waals surface area contributed by atoms with Crippen LogP contribution in [0.4, 0.5) is 0 Å². The molecule has 1 atom stereocenters. The third kappa shape index (κ3) is 5.79. The van der Waals surface area contributed by atoms with E-state index in [1.807, 2.05) is 6.92 Å². The van der Waals surface area contributed by atoms with Crippen molar-refractivity contribution < 1.29 is 10.2 Å². The zero-order valence-corrected chi connectivity index (χ0v) is 6.51. The SMILES string of the molecule is C=C(C)C[C@@H](O)CCCO. The van der Waals surface area contributed by atoms with Crippen molar-refractivity contribution in [2.75, 3.05) is 6.61 Å². The molecule has 0 saturated carbocycles. The maximum atomic E-state index is 9.18. The zero-order valence-electron chi connectivity index (χ0n) is 6.51. The van der Waals surface area contributed by atoms with Gasteiger partial charge in [0.25, 0.3) is 0 Å². The second-order valence-corrected chi connectivity index (χ2v) is 2.68. The second kappa shape index (κ2) is 5.45. The Morgan fingerprint density at radius 3 is 2.60 bits per heavy atom. The summed E-state index contributed by atoms with van der Waals surface area (Å²) in [5, 5.41) is 17.6. The Bertz CT molecular complexity index is 99.4. The van der Waals surface area contributed by atoms with Gasteiger partial charge in [0.2, 0.25) is 0 Å². The van der Waals surface area contributed by atoms with E-state index in [1.54, 1.807) is 0 Å². The number of aliphatic hydroxyl groups is 2. The molecule has 0 unspecified atom stereocenters. The molecule has 0 aliphatic carbocycles. The molecule has 0 aromatic carbocycles. The molecule has 0 radical (unpaired) electrons. The highest BCUT2D eigenvalue weighted by Gasteiger charge is 2.02. The van der Waals surface area contributed by atoms with Crippen molar-refractivity contribution in [3.8, 4) is 0 Å². The van der Waals surface area contributed by atoms with Gasteiger partial charge >= 0.3 is 0 Å². The van der Waals surface area contributed by atoms with E-state index in [9.17, 15) is 5.11 Å². The van der Waals surface area contributed by atoms with Crippen LogP contribution in [0.2, 0.25) is 0 Å². The Morgan fingerprint density at radius 2 is 2.20 bits per heavy atom. The third-order valence-electron chi connectivity index (χ3n) is 1.28. The maximum Gasteiger partial charge on any atom is 0.0578 e. The molecule has 0 amide bonds. The largest absolute Gasteiger partial charge is 0.396 e. The number of aliphatic hydroxyl groups excluding tert-OH is 2. The van der Waals surface area contributed by atoms with E-state index in [0.717, 1.165) is 5.57 Å². The van der Waals surface area contributed by atoms with Crippen molar-refractivity contribution in [3.63, 3.8) is 0 Å². The topological polar surface area (TPSA) is 40.5 Å². The molecule has 0 heterocycles. The standard InChI is InChI=1S/C8H16O2/c1-7(2)6-8(10)4-3-5-9/h8-10H,1,3-6H2,2H3/t8-/m0/s1. The molecule has 0 aromatic rings. The smallest absolute Gasteiger partial charge is 0.0578 e. The molecule has 10 heavy (non-hydrogen) atoms. The van der Waals surface area contributed by atoms with E-state index in [-0.39, 0.29) is 12.7 Å². The van der Waals surface area contributed by atoms with Crippen molar-refractivity contribution in [1.82, 2.24) is 0 Å². The summed E-state index contributed by atoms with van der Waals surface area (Å²) in [6, 6.07) is 0. The fraction of sp³-hybridized carbons (Fsp3) is 0.750. The number of hydrogen-bond acceptors (Lipinski definition) is 2. The van der Waals surface area contributed by atoms with Crippen LogP contribution in [0.3, 0.4) is 0 Å². The Kier molecular flexibility index (Phi) is 5.26. The van der Waals surface area contributed by atoms with E-state index in [4.69, 9.17) is 5.11 Å². The summed E-state index contributed by atoms with van der Waals surface area (Å²) < 4.78 is 0. The van der Waals surface area contributed by atoms with Crippen LogP contribution in [0.25, 0.3) is 0 Å². The highest BCUT2D eigenvalue weighted by atomic mass is 16.3. The van der Waals surface area contributed by atoms with Crippen molar-refractivity contribution >= 4 is 0 Å². The molecule has 0 aliphatic heterocycles. The van der Waals surface area contributed by atoms with E-state index in [0.29, 0.717) is 19.3 Å². The monoisotopic (exact) mass is 144 g/mol. The van der Waals surface area contributed by atoms with Gasteiger partial charge in [-0.05, 0) is 26.2 Å². The number of hydrogen-bond donors (Lipinski definition) is 2. The fourth-order valence-electron chi connectivity index (χ4n) is 0.831. The van der Waals surface area contributed by atoms with Crippen LogP contribution < -0.4 is 0 Å². The van der Waals surface area contributed by atoms with E-state index in [2.05, 4.69) is 6.58 Å². The van der Waals surface area contributed by atoms with Gasteiger partial charge in [0.15, 0.2) is 0 Å². The highest BCUT2D eigenvalue weighted by Crippen LogP contribution is 2.06. The number of rotatable bonds is 5. The summed E-state index contributed by atoms with van der Waals surface area (Å²) in [4.78, 5) is 0. The Hall–Kier alpha value is -0.340. The van der Waals surface area contributed by atoms with Gasteiger partial charge in [-0.3, -0.25) is 0 Å². The Morgan fingerprint density at radius 1 is 1.60 bits per heavy atom. The summed E-state index contributed by atoms with van der Waals surface area (Å²) in [7, 11) is 0. The minimum Gasteiger partial charge on any atom is -0.396 e. The lowest BCUT2D eigenvalue weighted by Crippen LogP contribution is -2.07. The molecule has 2 heteroatoms. The molecule has 0 spiro atoms. The molecular formula is C8H16O2. The van der Waals surface area contributed by atoms with Gasteiger partial charge in [-0.2, -0.15) is 0 Å². The van der Waals surface area contributed by atoms with E-state index >= 15 is 0 Å². The quantitative estimate of drug-likeness (QED) is 0.567. The predicted molar refractivity (Wildman–Crippen MR) is 41.8 cm³/mol. The molecule has 0 aliphatic rings. The predicted octanol–water partition coefficient (Wildman–Crippen LogP) is 1.09. The van der Waals surface area contributed by atoms with Crippen LogP contribution in [-0.4, -0.2) is 22.9 Å². The first kappa shape index (κ1) is 9.66.